The van der Waals surface area contributed by atoms with Crippen LogP contribution in [0.3, 0.4) is 0 Å². The second-order valence-corrected chi connectivity index (χ2v) is 5.47. The highest BCUT2D eigenvalue weighted by Crippen LogP contribution is 2.19. The molecule has 5 nitrogen and oxygen atoms in total. The molecule has 0 saturated carbocycles. The maximum atomic E-state index is 12.2. The molecule has 2 amide bonds. The zero-order valence-corrected chi connectivity index (χ0v) is 12.9. The first kappa shape index (κ1) is 16.9. The third kappa shape index (κ3) is 4.41. The summed E-state index contributed by atoms with van der Waals surface area (Å²) in [5, 5.41) is 5.41. The van der Waals surface area contributed by atoms with Crippen LogP contribution >= 0.6 is 0 Å². The first-order valence-electron chi connectivity index (χ1n) is 6.99. The van der Waals surface area contributed by atoms with E-state index in [0.29, 0.717) is 17.8 Å². The molecule has 0 aromatic heterocycles. The highest BCUT2D eigenvalue weighted by molar-refractivity contribution is 6.10. The van der Waals surface area contributed by atoms with E-state index < -0.39 is 5.41 Å². The Kier molecular flexibility index (Phi) is 5.64. The van der Waals surface area contributed by atoms with Crippen LogP contribution in [0.2, 0.25) is 0 Å². The molecule has 114 valence electrons. The lowest BCUT2D eigenvalue weighted by Gasteiger charge is -2.22. The molecule has 0 aliphatic carbocycles. The minimum Gasteiger partial charge on any atom is -0.355 e. The standard InChI is InChI=1S/C16H22N2O3/c1-5-10-17-14(20)16(3,4)15(21)18-13-8-6-12(7-9-13)11(2)19/h6-9H,5,10H2,1-4H3,(H,17,20)(H,18,21). The molecule has 0 bridgehead atoms. The molecule has 1 aromatic rings. The predicted molar refractivity (Wildman–Crippen MR) is 82.2 cm³/mol. The lowest BCUT2D eigenvalue weighted by molar-refractivity contribution is -0.138. The van der Waals surface area contributed by atoms with Crippen molar-refractivity contribution in [3.63, 3.8) is 0 Å². The number of amides is 2. The van der Waals surface area contributed by atoms with Crippen LogP contribution in [0.15, 0.2) is 24.3 Å². The summed E-state index contributed by atoms with van der Waals surface area (Å²) >= 11 is 0. The van der Waals surface area contributed by atoms with Crippen LogP contribution in [-0.4, -0.2) is 24.1 Å². The first-order valence-corrected chi connectivity index (χ1v) is 6.99. The Balaban J connectivity index is 2.75. The summed E-state index contributed by atoms with van der Waals surface area (Å²) in [5.74, 6) is -0.721. The normalized spacial score (nSPS) is 10.9. The topological polar surface area (TPSA) is 75.3 Å². The van der Waals surface area contributed by atoms with E-state index >= 15 is 0 Å². The molecule has 5 heteroatoms. The maximum Gasteiger partial charge on any atom is 0.239 e. The number of anilines is 1. The average Bonchev–Trinajstić information content (AvgIpc) is 2.45. The molecule has 0 aliphatic heterocycles. The maximum absolute atomic E-state index is 12.2. The summed E-state index contributed by atoms with van der Waals surface area (Å²) in [6.07, 6.45) is 0.815. The number of nitrogens with one attached hydrogen (secondary N) is 2. The van der Waals surface area contributed by atoms with Gasteiger partial charge in [0.1, 0.15) is 5.41 Å². The van der Waals surface area contributed by atoms with Gasteiger partial charge in [0.25, 0.3) is 0 Å². The second kappa shape index (κ2) is 7.02. The van der Waals surface area contributed by atoms with Crippen molar-refractivity contribution in [1.82, 2.24) is 5.32 Å². The van der Waals surface area contributed by atoms with Gasteiger partial charge in [-0.15, -0.1) is 0 Å². The number of carbonyl (C=O) groups excluding carboxylic acids is 3. The molecule has 2 N–H and O–H groups in total. The number of rotatable bonds is 6. The largest absolute Gasteiger partial charge is 0.355 e. The fourth-order valence-corrected chi connectivity index (χ4v) is 1.64. The summed E-state index contributed by atoms with van der Waals surface area (Å²) in [6, 6.07) is 6.58. The molecule has 0 unspecified atom stereocenters. The van der Waals surface area contributed by atoms with Gasteiger partial charge in [-0.05, 0) is 51.5 Å². The van der Waals surface area contributed by atoms with Gasteiger partial charge in [-0.2, -0.15) is 0 Å². The van der Waals surface area contributed by atoms with Gasteiger partial charge in [-0.1, -0.05) is 6.92 Å². The van der Waals surface area contributed by atoms with Crippen LogP contribution < -0.4 is 10.6 Å². The Bertz CT molecular complexity index is 533. The zero-order valence-electron chi connectivity index (χ0n) is 12.9. The van der Waals surface area contributed by atoms with Gasteiger partial charge in [0.2, 0.25) is 11.8 Å². The van der Waals surface area contributed by atoms with Gasteiger partial charge >= 0.3 is 0 Å². The fraction of sp³-hybridized carbons (Fsp3) is 0.438. The van der Waals surface area contributed by atoms with Crippen molar-refractivity contribution in [2.45, 2.75) is 34.1 Å². The second-order valence-electron chi connectivity index (χ2n) is 5.47. The van der Waals surface area contributed by atoms with Crippen LogP contribution in [0.1, 0.15) is 44.5 Å². The van der Waals surface area contributed by atoms with E-state index in [2.05, 4.69) is 10.6 Å². The van der Waals surface area contributed by atoms with E-state index in [-0.39, 0.29) is 17.6 Å². The number of ketones is 1. The minimum absolute atomic E-state index is 0.0350. The van der Waals surface area contributed by atoms with Crippen LogP contribution in [0.25, 0.3) is 0 Å². The zero-order chi connectivity index (χ0) is 16.0. The number of hydrogen-bond acceptors (Lipinski definition) is 3. The third-order valence-corrected chi connectivity index (χ3v) is 3.22. The van der Waals surface area contributed by atoms with Crippen molar-refractivity contribution in [2.75, 3.05) is 11.9 Å². The molecular weight excluding hydrogens is 268 g/mol. The monoisotopic (exact) mass is 290 g/mol. The molecule has 0 spiro atoms. The van der Waals surface area contributed by atoms with Gasteiger partial charge in [0.05, 0.1) is 0 Å². The SMILES string of the molecule is CCCNC(=O)C(C)(C)C(=O)Nc1ccc(C(C)=O)cc1. The van der Waals surface area contributed by atoms with E-state index in [1.54, 1.807) is 38.1 Å². The molecule has 1 aromatic carbocycles. The summed E-state index contributed by atoms with van der Waals surface area (Å²) < 4.78 is 0. The smallest absolute Gasteiger partial charge is 0.239 e. The highest BCUT2D eigenvalue weighted by atomic mass is 16.2. The Morgan fingerprint density at radius 3 is 2.10 bits per heavy atom. The van der Waals surface area contributed by atoms with E-state index in [4.69, 9.17) is 0 Å². The van der Waals surface area contributed by atoms with Crippen molar-refractivity contribution >= 4 is 23.3 Å². The molecular formula is C16H22N2O3. The summed E-state index contributed by atoms with van der Waals surface area (Å²) in [5.41, 5.74) is -0.0247. The van der Waals surface area contributed by atoms with E-state index in [1.165, 1.54) is 6.92 Å². The molecule has 1 rings (SSSR count). The van der Waals surface area contributed by atoms with Crippen molar-refractivity contribution in [2.24, 2.45) is 5.41 Å². The predicted octanol–water partition coefficient (Wildman–Crippen LogP) is 2.38. The molecule has 21 heavy (non-hydrogen) atoms. The van der Waals surface area contributed by atoms with Crippen molar-refractivity contribution in [3.05, 3.63) is 29.8 Å². The van der Waals surface area contributed by atoms with Gasteiger partial charge in [-0.3, -0.25) is 14.4 Å². The fourth-order valence-electron chi connectivity index (χ4n) is 1.64. The minimum atomic E-state index is -1.16. The summed E-state index contributed by atoms with van der Waals surface area (Å²) in [6.45, 7) is 7.13. The van der Waals surface area contributed by atoms with Crippen molar-refractivity contribution < 1.29 is 14.4 Å². The first-order chi connectivity index (χ1) is 9.78. The number of carbonyl (C=O) groups is 3. The van der Waals surface area contributed by atoms with E-state index in [0.717, 1.165) is 6.42 Å². The Morgan fingerprint density at radius 2 is 1.62 bits per heavy atom. The lowest BCUT2D eigenvalue weighted by atomic mass is 9.91. The lowest BCUT2D eigenvalue weighted by Crippen LogP contribution is -2.45. The number of benzene rings is 1. The summed E-state index contributed by atoms with van der Waals surface area (Å²) in [4.78, 5) is 35.4. The molecule has 0 saturated heterocycles. The molecule has 0 atom stereocenters. The van der Waals surface area contributed by atoms with Crippen LogP contribution in [0, 0.1) is 5.41 Å². The Morgan fingerprint density at radius 1 is 1.05 bits per heavy atom. The van der Waals surface area contributed by atoms with Crippen molar-refractivity contribution in [3.8, 4) is 0 Å². The van der Waals surface area contributed by atoms with Crippen LogP contribution in [0.4, 0.5) is 5.69 Å². The van der Waals surface area contributed by atoms with Crippen molar-refractivity contribution in [1.29, 1.82) is 0 Å². The van der Waals surface area contributed by atoms with E-state index in [1.807, 2.05) is 6.92 Å². The van der Waals surface area contributed by atoms with Crippen LogP contribution in [-0.2, 0) is 9.59 Å². The van der Waals surface area contributed by atoms with Gasteiger partial charge in [0.15, 0.2) is 5.78 Å². The number of hydrogen-bond donors (Lipinski definition) is 2. The third-order valence-electron chi connectivity index (χ3n) is 3.22. The van der Waals surface area contributed by atoms with Crippen LogP contribution in [0.5, 0.6) is 0 Å². The van der Waals surface area contributed by atoms with Gasteiger partial charge in [0, 0.05) is 17.8 Å². The average molecular weight is 290 g/mol. The molecule has 0 radical (unpaired) electrons. The van der Waals surface area contributed by atoms with Gasteiger partial charge < -0.3 is 10.6 Å². The molecule has 0 aliphatic rings. The Hall–Kier alpha value is -2.17. The molecule has 0 fully saturated rings. The van der Waals surface area contributed by atoms with Gasteiger partial charge in [-0.25, -0.2) is 0 Å². The quantitative estimate of drug-likeness (QED) is 0.624. The Labute approximate surface area is 125 Å². The summed E-state index contributed by atoms with van der Waals surface area (Å²) in [7, 11) is 0. The number of Topliss-reactive ketones (excluding diaryl/α,β-unsaturated/α-hetero) is 1. The van der Waals surface area contributed by atoms with E-state index in [9.17, 15) is 14.4 Å². The molecule has 0 heterocycles. The highest BCUT2D eigenvalue weighted by Gasteiger charge is 2.35.